The summed E-state index contributed by atoms with van der Waals surface area (Å²) in [5.74, 6) is -0.408. The number of carbonyl (C=O) groups is 1. The molecule has 0 saturated heterocycles. The largest absolute Gasteiger partial charge is 0.348 e. The number of hydrogen-bond donors (Lipinski definition) is 1. The van der Waals surface area contributed by atoms with Crippen LogP contribution in [-0.4, -0.2) is 20.9 Å². The SMILES string of the molecule is CCC(NC(=O)CN(c1ccccc1Cl)S(=O)(=O)c1ccccc1)c1ccc(C)c(C)c1. The summed E-state index contributed by atoms with van der Waals surface area (Å²) in [6.45, 7) is 5.66. The maximum absolute atomic E-state index is 13.4. The number of para-hydroxylation sites is 1. The van der Waals surface area contributed by atoms with Gasteiger partial charge in [0.2, 0.25) is 5.91 Å². The van der Waals surface area contributed by atoms with Crippen LogP contribution in [0.2, 0.25) is 5.02 Å². The zero-order valence-corrected chi connectivity index (χ0v) is 20.0. The molecule has 0 radical (unpaired) electrons. The van der Waals surface area contributed by atoms with Gasteiger partial charge in [-0.1, -0.05) is 67.1 Å². The van der Waals surface area contributed by atoms with E-state index in [1.807, 2.05) is 32.9 Å². The van der Waals surface area contributed by atoms with Crippen LogP contribution in [-0.2, 0) is 14.8 Å². The Labute approximate surface area is 195 Å². The predicted octanol–water partition coefficient (Wildman–Crippen LogP) is 5.42. The lowest BCUT2D eigenvalue weighted by molar-refractivity contribution is -0.120. The summed E-state index contributed by atoms with van der Waals surface area (Å²) in [7, 11) is -4.00. The third-order valence-corrected chi connectivity index (χ3v) is 7.51. The van der Waals surface area contributed by atoms with Crippen LogP contribution in [0.4, 0.5) is 5.69 Å². The van der Waals surface area contributed by atoms with Crippen LogP contribution in [0.5, 0.6) is 0 Å². The monoisotopic (exact) mass is 470 g/mol. The van der Waals surface area contributed by atoms with E-state index in [4.69, 9.17) is 11.6 Å². The maximum atomic E-state index is 13.4. The van der Waals surface area contributed by atoms with Gasteiger partial charge in [0, 0.05) is 0 Å². The highest BCUT2D eigenvalue weighted by molar-refractivity contribution is 7.92. The molecule has 1 atom stereocenters. The summed E-state index contributed by atoms with van der Waals surface area (Å²) in [6.07, 6.45) is 0.672. The van der Waals surface area contributed by atoms with Gasteiger partial charge in [0.05, 0.1) is 21.6 Å². The van der Waals surface area contributed by atoms with E-state index in [9.17, 15) is 13.2 Å². The number of amides is 1. The van der Waals surface area contributed by atoms with E-state index in [0.717, 1.165) is 15.4 Å². The molecule has 3 aromatic carbocycles. The average Bonchev–Trinajstić information content (AvgIpc) is 2.79. The molecular weight excluding hydrogens is 444 g/mol. The summed E-state index contributed by atoms with van der Waals surface area (Å²) < 4.78 is 27.9. The number of nitrogens with zero attached hydrogens (tertiary/aromatic N) is 1. The molecule has 5 nitrogen and oxygen atoms in total. The van der Waals surface area contributed by atoms with Crippen molar-refractivity contribution in [2.45, 2.75) is 38.1 Å². The van der Waals surface area contributed by atoms with Gasteiger partial charge in [0.25, 0.3) is 10.0 Å². The Morgan fingerprint density at radius 1 is 0.969 bits per heavy atom. The average molecular weight is 471 g/mol. The first-order chi connectivity index (χ1) is 15.2. The molecule has 1 unspecified atom stereocenters. The van der Waals surface area contributed by atoms with Crippen molar-refractivity contribution in [3.8, 4) is 0 Å². The molecule has 0 bridgehead atoms. The highest BCUT2D eigenvalue weighted by atomic mass is 35.5. The minimum Gasteiger partial charge on any atom is -0.348 e. The number of carbonyl (C=O) groups excluding carboxylic acids is 1. The van der Waals surface area contributed by atoms with Gasteiger partial charge in [-0.25, -0.2) is 8.42 Å². The third-order valence-electron chi connectivity index (χ3n) is 5.42. The fraction of sp³-hybridized carbons (Fsp3) is 0.240. The first kappa shape index (κ1) is 23.8. The molecule has 1 amide bonds. The van der Waals surface area contributed by atoms with Gasteiger partial charge in [0.15, 0.2) is 0 Å². The molecule has 7 heteroatoms. The lowest BCUT2D eigenvalue weighted by atomic mass is 9.99. The first-order valence-corrected chi connectivity index (χ1v) is 12.2. The van der Waals surface area contributed by atoms with Gasteiger partial charge in [-0.3, -0.25) is 9.10 Å². The van der Waals surface area contributed by atoms with E-state index in [1.54, 1.807) is 42.5 Å². The Balaban J connectivity index is 1.91. The van der Waals surface area contributed by atoms with Crippen molar-refractivity contribution in [3.63, 3.8) is 0 Å². The van der Waals surface area contributed by atoms with E-state index in [0.29, 0.717) is 6.42 Å². The Morgan fingerprint density at radius 2 is 1.62 bits per heavy atom. The summed E-state index contributed by atoms with van der Waals surface area (Å²) in [6, 6.07) is 20.5. The normalized spacial score (nSPS) is 12.2. The maximum Gasteiger partial charge on any atom is 0.264 e. The Bertz CT molecular complexity index is 1200. The summed E-state index contributed by atoms with van der Waals surface area (Å²) in [5, 5.41) is 3.24. The first-order valence-electron chi connectivity index (χ1n) is 10.4. The fourth-order valence-corrected chi connectivity index (χ4v) is 5.19. The molecule has 0 aliphatic heterocycles. The van der Waals surface area contributed by atoms with E-state index in [2.05, 4.69) is 11.4 Å². The lowest BCUT2D eigenvalue weighted by Crippen LogP contribution is -2.42. The topological polar surface area (TPSA) is 66.5 Å². The van der Waals surface area contributed by atoms with Crippen molar-refractivity contribution in [2.24, 2.45) is 0 Å². The third kappa shape index (κ3) is 5.31. The molecule has 168 valence electrons. The van der Waals surface area contributed by atoms with Crippen molar-refractivity contribution in [1.82, 2.24) is 5.32 Å². The van der Waals surface area contributed by atoms with Crippen molar-refractivity contribution in [1.29, 1.82) is 0 Å². The van der Waals surface area contributed by atoms with Gasteiger partial charge in [0.1, 0.15) is 6.54 Å². The number of benzene rings is 3. The molecule has 0 fully saturated rings. The van der Waals surface area contributed by atoms with Gasteiger partial charge in [-0.15, -0.1) is 0 Å². The van der Waals surface area contributed by atoms with Crippen molar-refractivity contribution >= 4 is 33.2 Å². The number of aryl methyl sites for hydroxylation is 2. The minimum absolute atomic E-state index is 0.0916. The van der Waals surface area contributed by atoms with Crippen LogP contribution in [0.3, 0.4) is 0 Å². The molecule has 3 rings (SSSR count). The quantitative estimate of drug-likeness (QED) is 0.478. The molecule has 1 N–H and O–H groups in total. The molecule has 3 aromatic rings. The molecular formula is C25H27ClN2O3S. The van der Waals surface area contributed by atoms with Gasteiger partial charge >= 0.3 is 0 Å². The number of nitrogens with one attached hydrogen (secondary N) is 1. The highest BCUT2D eigenvalue weighted by Crippen LogP contribution is 2.30. The Kier molecular flexibility index (Phi) is 7.59. The molecule has 0 spiro atoms. The van der Waals surface area contributed by atoms with Crippen LogP contribution < -0.4 is 9.62 Å². The van der Waals surface area contributed by atoms with Crippen LogP contribution in [0, 0.1) is 13.8 Å². The van der Waals surface area contributed by atoms with Gasteiger partial charge < -0.3 is 5.32 Å². The number of rotatable bonds is 8. The fourth-order valence-electron chi connectivity index (χ4n) is 3.45. The second-order valence-corrected chi connectivity index (χ2v) is 9.92. The molecule has 0 aliphatic carbocycles. The number of halogens is 1. The zero-order chi connectivity index (χ0) is 23.3. The van der Waals surface area contributed by atoms with Crippen LogP contribution in [0.1, 0.15) is 36.1 Å². The summed E-state index contributed by atoms with van der Waals surface area (Å²) in [5.41, 5.74) is 3.56. The second-order valence-electron chi connectivity index (χ2n) is 7.65. The molecule has 0 saturated carbocycles. The van der Waals surface area contributed by atoms with Crippen LogP contribution in [0.25, 0.3) is 0 Å². The van der Waals surface area contributed by atoms with Gasteiger partial charge in [-0.05, 0) is 61.2 Å². The molecule has 32 heavy (non-hydrogen) atoms. The molecule has 0 heterocycles. The zero-order valence-electron chi connectivity index (χ0n) is 18.4. The van der Waals surface area contributed by atoms with Gasteiger partial charge in [-0.2, -0.15) is 0 Å². The minimum atomic E-state index is -4.00. The van der Waals surface area contributed by atoms with Crippen LogP contribution in [0.15, 0.2) is 77.7 Å². The predicted molar refractivity (Wildman–Crippen MR) is 130 cm³/mol. The van der Waals surface area contributed by atoms with E-state index in [1.165, 1.54) is 17.7 Å². The smallest absolute Gasteiger partial charge is 0.264 e. The Hall–Kier alpha value is -2.83. The Morgan fingerprint density at radius 3 is 2.25 bits per heavy atom. The van der Waals surface area contributed by atoms with E-state index < -0.39 is 15.9 Å². The summed E-state index contributed by atoms with van der Waals surface area (Å²) >= 11 is 6.32. The number of anilines is 1. The lowest BCUT2D eigenvalue weighted by Gasteiger charge is -2.26. The van der Waals surface area contributed by atoms with E-state index >= 15 is 0 Å². The highest BCUT2D eigenvalue weighted by Gasteiger charge is 2.29. The van der Waals surface area contributed by atoms with Crippen molar-refractivity contribution in [3.05, 3.63) is 94.5 Å². The van der Waals surface area contributed by atoms with E-state index in [-0.39, 0.29) is 28.2 Å². The number of hydrogen-bond acceptors (Lipinski definition) is 3. The standard InChI is InChI=1S/C25H27ClN2O3S/c1-4-23(20-15-14-18(2)19(3)16-20)27-25(29)17-28(24-13-9-8-12-22(24)26)32(30,31)21-10-6-5-7-11-21/h5-16,23H,4,17H2,1-3H3,(H,27,29). The summed E-state index contributed by atoms with van der Waals surface area (Å²) in [4.78, 5) is 13.1. The van der Waals surface area contributed by atoms with Crippen molar-refractivity contribution < 1.29 is 13.2 Å². The molecule has 0 aromatic heterocycles. The number of sulfonamides is 1. The second kappa shape index (κ2) is 10.2. The van der Waals surface area contributed by atoms with Crippen LogP contribution >= 0.6 is 11.6 Å². The molecule has 0 aliphatic rings. The van der Waals surface area contributed by atoms with Crippen molar-refractivity contribution in [2.75, 3.05) is 10.8 Å².